The summed E-state index contributed by atoms with van der Waals surface area (Å²) in [6, 6.07) is 1.62. The minimum Gasteiger partial charge on any atom is -0.465 e. The minimum atomic E-state index is -0.613. The third-order valence-electron chi connectivity index (χ3n) is 3.48. The second kappa shape index (κ2) is 8.26. The van der Waals surface area contributed by atoms with Crippen LogP contribution in [0.3, 0.4) is 0 Å². The molecule has 2 unspecified atom stereocenters. The maximum Gasteiger partial charge on any atom is 0.340 e. The topological polar surface area (TPSA) is 73.9 Å². The molecule has 1 saturated heterocycles. The first-order valence-corrected chi connectivity index (χ1v) is 8.19. The van der Waals surface area contributed by atoms with E-state index in [9.17, 15) is 9.59 Å². The fourth-order valence-electron chi connectivity index (χ4n) is 2.16. The number of esters is 1. The van der Waals surface area contributed by atoms with Gasteiger partial charge in [0.25, 0.3) is 5.91 Å². The Balaban J connectivity index is 1.83. The number of methoxy groups -OCH3 is 1. The van der Waals surface area contributed by atoms with Crippen molar-refractivity contribution >= 4 is 28.2 Å². The number of ether oxygens (including phenoxy) is 3. The Morgan fingerprint density at radius 2 is 2.32 bits per heavy atom. The lowest BCUT2D eigenvalue weighted by atomic mass is 10.1. The van der Waals surface area contributed by atoms with Crippen molar-refractivity contribution in [3.63, 3.8) is 0 Å². The van der Waals surface area contributed by atoms with Crippen molar-refractivity contribution in [2.45, 2.75) is 38.4 Å². The van der Waals surface area contributed by atoms with Crippen LogP contribution in [0.1, 0.15) is 36.5 Å². The van der Waals surface area contributed by atoms with Gasteiger partial charge in [0.1, 0.15) is 11.1 Å². The fourth-order valence-corrected chi connectivity index (χ4v) is 2.93. The first kappa shape index (κ1) is 16.9. The molecule has 0 aromatic carbocycles. The van der Waals surface area contributed by atoms with Gasteiger partial charge in [0, 0.05) is 6.61 Å². The summed E-state index contributed by atoms with van der Waals surface area (Å²) < 4.78 is 15.8. The summed E-state index contributed by atoms with van der Waals surface area (Å²) in [5.41, 5.74) is 0.351. The van der Waals surface area contributed by atoms with Crippen LogP contribution >= 0.6 is 11.3 Å². The van der Waals surface area contributed by atoms with Crippen molar-refractivity contribution in [1.29, 1.82) is 0 Å². The van der Waals surface area contributed by atoms with Crippen molar-refractivity contribution in [2.75, 3.05) is 25.6 Å². The molecule has 1 aliphatic rings. The van der Waals surface area contributed by atoms with Gasteiger partial charge in [-0.2, -0.15) is 0 Å². The van der Waals surface area contributed by atoms with Crippen molar-refractivity contribution in [3.05, 3.63) is 17.0 Å². The molecule has 1 N–H and O–H groups in total. The minimum absolute atomic E-state index is 0.0661. The molecule has 0 saturated carbocycles. The van der Waals surface area contributed by atoms with Crippen LogP contribution in [0.15, 0.2) is 11.4 Å². The van der Waals surface area contributed by atoms with E-state index in [0.29, 0.717) is 17.2 Å². The van der Waals surface area contributed by atoms with E-state index in [0.717, 1.165) is 25.9 Å². The summed E-state index contributed by atoms with van der Waals surface area (Å²) in [4.78, 5) is 23.7. The molecule has 1 aromatic heterocycles. The average molecular weight is 327 g/mol. The lowest BCUT2D eigenvalue weighted by molar-refractivity contribution is -0.130. The molecular weight excluding hydrogens is 306 g/mol. The van der Waals surface area contributed by atoms with E-state index in [-0.39, 0.29) is 12.0 Å². The highest BCUT2D eigenvalue weighted by Gasteiger charge is 2.21. The molecule has 0 aliphatic carbocycles. The Morgan fingerprint density at radius 1 is 1.50 bits per heavy atom. The predicted molar refractivity (Wildman–Crippen MR) is 83.3 cm³/mol. The lowest BCUT2D eigenvalue weighted by Crippen LogP contribution is -2.32. The van der Waals surface area contributed by atoms with Crippen molar-refractivity contribution < 1.29 is 23.8 Å². The van der Waals surface area contributed by atoms with E-state index < -0.39 is 12.1 Å². The maximum atomic E-state index is 12.1. The first-order chi connectivity index (χ1) is 10.6. The SMILES string of the molecule is COC(=O)c1ccsc1NC(=O)C(C)OCC1CCCCO1. The highest BCUT2D eigenvalue weighted by Crippen LogP contribution is 2.24. The second-order valence-electron chi connectivity index (χ2n) is 5.11. The first-order valence-electron chi connectivity index (χ1n) is 7.31. The molecule has 0 spiro atoms. The van der Waals surface area contributed by atoms with Crippen LogP contribution in [0.2, 0.25) is 0 Å². The Morgan fingerprint density at radius 3 is 3.00 bits per heavy atom. The van der Waals surface area contributed by atoms with Crippen molar-refractivity contribution in [1.82, 2.24) is 0 Å². The summed E-state index contributed by atoms with van der Waals surface area (Å²) in [6.45, 7) is 2.85. The van der Waals surface area contributed by atoms with Gasteiger partial charge in [-0.25, -0.2) is 4.79 Å². The number of carbonyl (C=O) groups excluding carboxylic acids is 2. The van der Waals surface area contributed by atoms with Crippen molar-refractivity contribution in [2.24, 2.45) is 0 Å². The zero-order valence-electron chi connectivity index (χ0n) is 12.8. The smallest absolute Gasteiger partial charge is 0.340 e. The average Bonchev–Trinajstić information content (AvgIpc) is 3.00. The Kier molecular flexibility index (Phi) is 6.35. The molecule has 1 aliphatic heterocycles. The van der Waals surface area contributed by atoms with E-state index in [2.05, 4.69) is 10.1 Å². The quantitative estimate of drug-likeness (QED) is 0.812. The normalized spacial score (nSPS) is 19.5. The Hall–Kier alpha value is -1.44. The third kappa shape index (κ3) is 4.53. The predicted octanol–water partition coefficient (Wildman–Crippen LogP) is 2.45. The molecule has 122 valence electrons. The standard InChI is InChI=1S/C15H21NO5S/c1-10(21-9-11-5-3-4-7-20-11)13(17)16-14-12(6-8-22-14)15(18)19-2/h6,8,10-11H,3-5,7,9H2,1-2H3,(H,16,17). The van der Waals surface area contributed by atoms with Crippen LogP contribution in [0.5, 0.6) is 0 Å². The molecule has 7 heteroatoms. The zero-order valence-corrected chi connectivity index (χ0v) is 13.6. The Bertz CT molecular complexity index is 510. The van der Waals surface area contributed by atoms with Gasteiger partial charge in [-0.05, 0) is 37.6 Å². The molecule has 0 radical (unpaired) electrons. The van der Waals surface area contributed by atoms with Gasteiger partial charge < -0.3 is 19.5 Å². The molecule has 6 nitrogen and oxygen atoms in total. The fraction of sp³-hybridized carbons (Fsp3) is 0.600. The second-order valence-corrected chi connectivity index (χ2v) is 6.02. The number of nitrogens with one attached hydrogen (secondary N) is 1. The molecule has 1 fully saturated rings. The highest BCUT2D eigenvalue weighted by atomic mass is 32.1. The molecule has 2 atom stereocenters. The monoisotopic (exact) mass is 327 g/mol. The molecule has 2 rings (SSSR count). The molecule has 1 aromatic rings. The number of rotatable bonds is 6. The van der Waals surface area contributed by atoms with E-state index in [4.69, 9.17) is 9.47 Å². The number of carbonyl (C=O) groups is 2. The van der Waals surface area contributed by atoms with Crippen LogP contribution < -0.4 is 5.32 Å². The number of hydrogen-bond acceptors (Lipinski definition) is 6. The molecule has 22 heavy (non-hydrogen) atoms. The summed E-state index contributed by atoms with van der Waals surface area (Å²) in [5.74, 6) is -0.760. The van der Waals surface area contributed by atoms with E-state index in [1.165, 1.54) is 18.4 Å². The van der Waals surface area contributed by atoms with Crippen LogP contribution in [-0.4, -0.2) is 44.4 Å². The summed E-state index contributed by atoms with van der Waals surface area (Å²) in [7, 11) is 1.31. The molecule has 1 amide bonds. The van der Waals surface area contributed by atoms with Crippen LogP contribution in [0, 0.1) is 0 Å². The summed E-state index contributed by atoms with van der Waals surface area (Å²) >= 11 is 1.27. The van der Waals surface area contributed by atoms with Gasteiger partial charge in [-0.15, -0.1) is 11.3 Å². The van der Waals surface area contributed by atoms with E-state index in [1.54, 1.807) is 18.4 Å². The van der Waals surface area contributed by atoms with Gasteiger partial charge in [-0.1, -0.05) is 0 Å². The van der Waals surface area contributed by atoms with Crippen molar-refractivity contribution in [3.8, 4) is 0 Å². The Labute approximate surface area is 133 Å². The lowest BCUT2D eigenvalue weighted by Gasteiger charge is -2.23. The zero-order chi connectivity index (χ0) is 15.9. The number of thiophene rings is 1. The third-order valence-corrected chi connectivity index (χ3v) is 4.31. The van der Waals surface area contributed by atoms with E-state index >= 15 is 0 Å². The van der Waals surface area contributed by atoms with Crippen LogP contribution in [0.4, 0.5) is 5.00 Å². The number of anilines is 1. The van der Waals surface area contributed by atoms with Crippen LogP contribution in [0.25, 0.3) is 0 Å². The largest absolute Gasteiger partial charge is 0.465 e. The van der Waals surface area contributed by atoms with Gasteiger partial charge in [-0.3, -0.25) is 4.79 Å². The van der Waals surface area contributed by atoms with Gasteiger partial charge in [0.05, 0.1) is 25.4 Å². The summed E-state index contributed by atoms with van der Waals surface area (Å²) in [5, 5.41) is 4.90. The maximum absolute atomic E-state index is 12.1. The molecule has 0 bridgehead atoms. The van der Waals surface area contributed by atoms with Gasteiger partial charge in [0.15, 0.2) is 0 Å². The molecular formula is C15H21NO5S. The summed E-state index contributed by atoms with van der Waals surface area (Å²) in [6.07, 6.45) is 2.63. The highest BCUT2D eigenvalue weighted by molar-refractivity contribution is 7.14. The van der Waals surface area contributed by atoms with Gasteiger partial charge >= 0.3 is 5.97 Å². The van der Waals surface area contributed by atoms with Gasteiger partial charge in [0.2, 0.25) is 0 Å². The number of amides is 1. The molecule has 2 heterocycles. The van der Waals surface area contributed by atoms with E-state index in [1.807, 2.05) is 0 Å². The number of hydrogen-bond donors (Lipinski definition) is 1. The van der Waals surface area contributed by atoms with Crippen LogP contribution in [-0.2, 0) is 19.0 Å².